The largest absolute Gasteiger partial charge is 0.238 e. The third-order valence-electron chi connectivity index (χ3n) is 2.59. The first-order valence-electron chi connectivity index (χ1n) is 5.40. The van der Waals surface area contributed by atoms with E-state index in [1.165, 1.54) is 11.8 Å². The Labute approximate surface area is 127 Å². The van der Waals surface area contributed by atoms with Crippen LogP contribution in [0, 0.1) is 0 Å². The molecule has 7 heteroatoms. The molecule has 0 unspecified atom stereocenters. The average molecular weight is 356 g/mol. The van der Waals surface area contributed by atoms with Gasteiger partial charge >= 0.3 is 0 Å². The predicted octanol–water partition coefficient (Wildman–Crippen LogP) is 3.95. The van der Waals surface area contributed by atoms with Crippen molar-refractivity contribution in [1.82, 2.24) is 19.7 Å². The fourth-order valence-electron chi connectivity index (χ4n) is 1.67. The molecule has 3 aromatic rings. The molecule has 0 aliphatic heterocycles. The summed E-state index contributed by atoms with van der Waals surface area (Å²) in [6.07, 6.45) is 3.74. The summed E-state index contributed by atoms with van der Waals surface area (Å²) in [5.74, 6) is 0. The van der Waals surface area contributed by atoms with Crippen LogP contribution in [0.1, 0.15) is 0 Å². The number of hydrogen-bond acceptors (Lipinski definition) is 4. The van der Waals surface area contributed by atoms with Crippen molar-refractivity contribution in [3.05, 3.63) is 40.1 Å². The predicted molar refractivity (Wildman–Crippen MR) is 81.2 cm³/mol. The molecular formula is C12H8BrClN4S. The van der Waals surface area contributed by atoms with Gasteiger partial charge in [0.2, 0.25) is 0 Å². The lowest BCUT2D eigenvalue weighted by atomic mass is 10.3. The first-order chi connectivity index (χ1) is 9.17. The molecule has 0 aliphatic rings. The molecule has 0 aliphatic carbocycles. The Bertz CT molecular complexity index is 741. The van der Waals surface area contributed by atoms with Crippen LogP contribution in [0.25, 0.3) is 16.7 Å². The number of hydrogen-bond donors (Lipinski definition) is 0. The Morgan fingerprint density at radius 2 is 1.95 bits per heavy atom. The van der Waals surface area contributed by atoms with Gasteiger partial charge in [-0.15, -0.1) is 5.10 Å². The first-order valence-corrected chi connectivity index (χ1v) is 7.80. The van der Waals surface area contributed by atoms with Crippen molar-refractivity contribution in [3.8, 4) is 5.69 Å². The lowest BCUT2D eigenvalue weighted by Crippen LogP contribution is -1.93. The van der Waals surface area contributed by atoms with Crippen molar-refractivity contribution in [3.63, 3.8) is 0 Å². The zero-order valence-corrected chi connectivity index (χ0v) is 13.0. The van der Waals surface area contributed by atoms with E-state index in [0.29, 0.717) is 16.0 Å². The van der Waals surface area contributed by atoms with Gasteiger partial charge in [-0.1, -0.05) is 39.3 Å². The number of thioether (sulfide) groups is 1. The van der Waals surface area contributed by atoms with Crippen molar-refractivity contribution in [2.75, 3.05) is 6.26 Å². The SMILES string of the molecule is CSc1nc(Cl)c2cn(-c3ccc(Br)cc3)nc2n1. The van der Waals surface area contributed by atoms with E-state index >= 15 is 0 Å². The second-order valence-corrected chi connectivity index (χ2v) is 5.84. The summed E-state index contributed by atoms with van der Waals surface area (Å²) in [6.45, 7) is 0. The van der Waals surface area contributed by atoms with E-state index in [4.69, 9.17) is 11.6 Å². The number of benzene rings is 1. The van der Waals surface area contributed by atoms with Crippen LogP contribution in [-0.4, -0.2) is 26.0 Å². The summed E-state index contributed by atoms with van der Waals surface area (Å²) < 4.78 is 2.78. The van der Waals surface area contributed by atoms with Crippen molar-refractivity contribution in [1.29, 1.82) is 0 Å². The van der Waals surface area contributed by atoms with Crippen molar-refractivity contribution in [2.24, 2.45) is 0 Å². The molecule has 0 atom stereocenters. The van der Waals surface area contributed by atoms with Crippen molar-refractivity contribution >= 4 is 50.3 Å². The molecule has 1 aromatic carbocycles. The minimum atomic E-state index is 0.428. The molecule has 4 nitrogen and oxygen atoms in total. The molecule has 2 heterocycles. The van der Waals surface area contributed by atoms with Crippen LogP contribution in [0.3, 0.4) is 0 Å². The molecule has 19 heavy (non-hydrogen) atoms. The van der Waals surface area contributed by atoms with E-state index in [0.717, 1.165) is 15.5 Å². The van der Waals surface area contributed by atoms with Crippen molar-refractivity contribution < 1.29 is 0 Å². The Balaban J connectivity index is 2.16. The summed E-state index contributed by atoms with van der Waals surface area (Å²) in [6, 6.07) is 7.85. The summed E-state index contributed by atoms with van der Waals surface area (Å²) in [5.41, 5.74) is 1.55. The molecule has 0 N–H and O–H groups in total. The number of halogens is 2. The highest BCUT2D eigenvalue weighted by atomic mass is 79.9. The molecule has 0 amide bonds. The number of rotatable bonds is 2. The van der Waals surface area contributed by atoms with E-state index in [9.17, 15) is 0 Å². The van der Waals surface area contributed by atoms with Gasteiger partial charge in [0.25, 0.3) is 0 Å². The van der Waals surface area contributed by atoms with Gasteiger partial charge < -0.3 is 0 Å². The van der Waals surface area contributed by atoms with E-state index in [-0.39, 0.29) is 0 Å². The lowest BCUT2D eigenvalue weighted by molar-refractivity contribution is 0.880. The van der Waals surface area contributed by atoms with Crippen LogP contribution in [0.2, 0.25) is 5.15 Å². The topological polar surface area (TPSA) is 43.6 Å². The molecule has 2 aromatic heterocycles. The Kier molecular flexibility index (Phi) is 3.47. The second kappa shape index (κ2) is 5.11. The molecule has 0 bridgehead atoms. The van der Waals surface area contributed by atoms with Crippen molar-refractivity contribution in [2.45, 2.75) is 5.16 Å². The normalized spacial score (nSPS) is 11.1. The van der Waals surface area contributed by atoms with Crippen LogP contribution >= 0.6 is 39.3 Å². The summed E-state index contributed by atoms with van der Waals surface area (Å²) in [5, 5.41) is 6.24. The van der Waals surface area contributed by atoms with Crippen LogP contribution < -0.4 is 0 Å². The highest BCUT2D eigenvalue weighted by Gasteiger charge is 2.10. The summed E-state index contributed by atoms with van der Waals surface area (Å²) in [7, 11) is 0. The van der Waals surface area contributed by atoms with Gasteiger partial charge in [0, 0.05) is 10.7 Å². The van der Waals surface area contributed by atoms with Gasteiger partial charge in [-0.05, 0) is 30.5 Å². The molecule has 0 fully saturated rings. The maximum Gasteiger partial charge on any atom is 0.190 e. The highest BCUT2D eigenvalue weighted by Crippen LogP contribution is 2.24. The summed E-state index contributed by atoms with van der Waals surface area (Å²) >= 11 is 11.0. The van der Waals surface area contributed by atoms with Gasteiger partial charge in [0.05, 0.1) is 11.1 Å². The minimum Gasteiger partial charge on any atom is -0.238 e. The van der Waals surface area contributed by atoms with Gasteiger partial charge in [0.15, 0.2) is 10.8 Å². The fraction of sp³-hybridized carbons (Fsp3) is 0.0833. The Morgan fingerprint density at radius 1 is 1.21 bits per heavy atom. The molecular weight excluding hydrogens is 348 g/mol. The number of aromatic nitrogens is 4. The van der Waals surface area contributed by atoms with Crippen LogP contribution in [0.4, 0.5) is 0 Å². The minimum absolute atomic E-state index is 0.428. The third kappa shape index (κ3) is 2.48. The van der Waals surface area contributed by atoms with Crippen LogP contribution in [0.15, 0.2) is 40.1 Å². The van der Waals surface area contributed by atoms with Gasteiger partial charge in [-0.3, -0.25) is 0 Å². The zero-order valence-electron chi connectivity index (χ0n) is 9.84. The Hall–Kier alpha value is -1.11. The molecule has 3 rings (SSSR count). The van der Waals surface area contributed by atoms with Gasteiger partial charge in [0.1, 0.15) is 5.15 Å². The van der Waals surface area contributed by atoms with E-state index in [2.05, 4.69) is 31.0 Å². The van der Waals surface area contributed by atoms with E-state index in [1.54, 1.807) is 4.68 Å². The molecule has 0 saturated carbocycles. The van der Waals surface area contributed by atoms with Crippen LogP contribution in [0.5, 0.6) is 0 Å². The number of fused-ring (bicyclic) bond motifs is 1. The average Bonchev–Trinajstić information content (AvgIpc) is 2.84. The monoisotopic (exact) mass is 354 g/mol. The third-order valence-corrected chi connectivity index (χ3v) is 3.95. The first kappa shape index (κ1) is 12.9. The maximum atomic E-state index is 6.14. The molecule has 0 spiro atoms. The smallest absolute Gasteiger partial charge is 0.190 e. The molecule has 0 saturated heterocycles. The quantitative estimate of drug-likeness (QED) is 0.396. The maximum absolute atomic E-state index is 6.14. The molecule has 0 radical (unpaired) electrons. The van der Waals surface area contributed by atoms with Gasteiger partial charge in [-0.25, -0.2) is 14.6 Å². The number of nitrogens with zero attached hydrogens (tertiary/aromatic N) is 4. The standard InChI is InChI=1S/C12H8BrClN4S/c1-19-12-15-10(14)9-6-18(17-11(9)16-12)8-4-2-7(13)3-5-8/h2-6H,1H3. The summed E-state index contributed by atoms with van der Waals surface area (Å²) in [4.78, 5) is 8.54. The highest BCUT2D eigenvalue weighted by molar-refractivity contribution is 9.10. The Morgan fingerprint density at radius 3 is 2.63 bits per heavy atom. The molecule has 96 valence electrons. The lowest BCUT2D eigenvalue weighted by Gasteiger charge is -1.99. The second-order valence-electron chi connectivity index (χ2n) is 3.79. The van der Waals surface area contributed by atoms with Crippen LogP contribution in [-0.2, 0) is 0 Å². The zero-order chi connectivity index (χ0) is 13.4. The fourth-order valence-corrected chi connectivity index (χ4v) is 2.56. The van der Waals surface area contributed by atoms with Gasteiger partial charge in [-0.2, -0.15) is 0 Å². The van der Waals surface area contributed by atoms with E-state index in [1.807, 2.05) is 36.7 Å². The van der Waals surface area contributed by atoms with E-state index < -0.39 is 0 Å².